The molecule has 5 nitrogen and oxygen atoms in total. The predicted molar refractivity (Wildman–Crippen MR) is 105 cm³/mol. The van der Waals surface area contributed by atoms with E-state index in [1.54, 1.807) is 11.3 Å². The minimum Gasteiger partial charge on any atom is -0.353 e. The van der Waals surface area contributed by atoms with Crippen LogP contribution in [0.1, 0.15) is 23.2 Å². The first-order chi connectivity index (χ1) is 12.8. The van der Waals surface area contributed by atoms with Crippen LogP contribution in [0.4, 0.5) is 5.82 Å². The number of hydrogen-bond donors (Lipinski definition) is 0. The Labute approximate surface area is 157 Å². The topological polar surface area (TPSA) is 56.1 Å². The van der Waals surface area contributed by atoms with Gasteiger partial charge in [-0.3, -0.25) is 4.90 Å². The number of anilines is 1. The molecule has 0 atom stereocenters. The highest BCUT2D eigenvalue weighted by atomic mass is 32.1. The van der Waals surface area contributed by atoms with Gasteiger partial charge in [0.15, 0.2) is 0 Å². The third kappa shape index (κ3) is 3.41. The van der Waals surface area contributed by atoms with E-state index < -0.39 is 0 Å². The van der Waals surface area contributed by atoms with Crippen LogP contribution in [0.3, 0.4) is 0 Å². The number of hydrogen-bond acceptors (Lipinski definition) is 6. The molecule has 0 saturated carbocycles. The van der Waals surface area contributed by atoms with Gasteiger partial charge in [-0.15, -0.1) is 11.3 Å². The molecule has 1 aromatic carbocycles. The van der Waals surface area contributed by atoms with Crippen molar-refractivity contribution in [2.45, 2.75) is 19.9 Å². The first-order valence-corrected chi connectivity index (χ1v) is 9.80. The number of para-hydroxylation sites is 1. The molecule has 0 radical (unpaired) electrons. The third-order valence-corrected chi connectivity index (χ3v) is 5.81. The molecular weight excluding hydrogens is 342 g/mol. The Bertz CT molecular complexity index is 917. The maximum atomic E-state index is 9.39. The molecule has 4 rings (SSSR count). The minimum absolute atomic E-state index is 0.668. The van der Waals surface area contributed by atoms with Crippen LogP contribution in [-0.4, -0.2) is 41.0 Å². The number of pyridine rings is 1. The number of nitrogens with zero attached hydrogens (tertiary/aromatic N) is 5. The summed E-state index contributed by atoms with van der Waals surface area (Å²) in [6.07, 6.45) is 0.885. The summed E-state index contributed by atoms with van der Waals surface area (Å²) >= 11 is 1.78. The molecule has 0 bridgehead atoms. The van der Waals surface area contributed by atoms with E-state index in [1.807, 2.05) is 18.2 Å². The maximum absolute atomic E-state index is 9.39. The zero-order valence-electron chi connectivity index (χ0n) is 14.9. The molecule has 1 aliphatic rings. The summed E-state index contributed by atoms with van der Waals surface area (Å²) in [5, 5.41) is 10.6. The zero-order chi connectivity index (χ0) is 17.9. The van der Waals surface area contributed by atoms with Crippen molar-refractivity contribution < 1.29 is 0 Å². The van der Waals surface area contributed by atoms with Gasteiger partial charge in [0, 0.05) is 31.9 Å². The van der Waals surface area contributed by atoms with Gasteiger partial charge in [0.25, 0.3) is 0 Å². The molecule has 0 unspecified atom stereocenters. The molecule has 0 N–H and O–H groups in total. The van der Waals surface area contributed by atoms with Crippen LogP contribution in [0, 0.1) is 11.3 Å². The summed E-state index contributed by atoms with van der Waals surface area (Å²) in [5.41, 5.74) is 2.79. The van der Waals surface area contributed by atoms with E-state index in [2.05, 4.69) is 41.0 Å². The summed E-state index contributed by atoms with van der Waals surface area (Å²) in [7, 11) is 0. The Morgan fingerprint density at radius 1 is 1.08 bits per heavy atom. The zero-order valence-corrected chi connectivity index (χ0v) is 15.7. The van der Waals surface area contributed by atoms with Crippen molar-refractivity contribution in [3.05, 3.63) is 52.7 Å². The number of thiazole rings is 1. The fourth-order valence-corrected chi connectivity index (χ4v) is 4.32. The highest BCUT2D eigenvalue weighted by Crippen LogP contribution is 2.24. The van der Waals surface area contributed by atoms with Crippen molar-refractivity contribution in [3.8, 4) is 6.07 Å². The van der Waals surface area contributed by atoms with E-state index >= 15 is 0 Å². The Morgan fingerprint density at radius 3 is 2.62 bits per heavy atom. The molecule has 2 aromatic heterocycles. The highest BCUT2D eigenvalue weighted by molar-refractivity contribution is 7.18. The second kappa shape index (κ2) is 7.40. The number of aryl methyl sites for hydroxylation is 1. The summed E-state index contributed by atoms with van der Waals surface area (Å²) in [5.74, 6) is 0.839. The lowest BCUT2D eigenvalue weighted by molar-refractivity contribution is 0.249. The number of piperazine rings is 1. The highest BCUT2D eigenvalue weighted by Gasteiger charge is 2.21. The van der Waals surface area contributed by atoms with E-state index in [-0.39, 0.29) is 0 Å². The molecule has 1 aliphatic heterocycles. The van der Waals surface area contributed by atoms with Crippen LogP contribution in [0.5, 0.6) is 0 Å². The standard InChI is InChI=1S/C20H21N5S/c1-2-16-8-7-15(13-21)20(22-16)25-11-9-24(10-12-25)14-19-23-17-5-3-4-6-18(17)26-19/h3-8H,2,9-12,14H2,1H3. The van der Waals surface area contributed by atoms with E-state index in [0.717, 1.165) is 56.2 Å². The van der Waals surface area contributed by atoms with Crippen LogP contribution in [0.2, 0.25) is 0 Å². The number of rotatable bonds is 4. The van der Waals surface area contributed by atoms with Gasteiger partial charge in [-0.05, 0) is 30.7 Å². The van der Waals surface area contributed by atoms with Crippen LogP contribution >= 0.6 is 11.3 Å². The lowest BCUT2D eigenvalue weighted by atomic mass is 10.2. The van der Waals surface area contributed by atoms with Crippen LogP contribution < -0.4 is 4.90 Å². The average molecular weight is 363 g/mol. The monoisotopic (exact) mass is 363 g/mol. The van der Waals surface area contributed by atoms with Crippen molar-refractivity contribution in [1.82, 2.24) is 14.9 Å². The molecule has 0 amide bonds. The van der Waals surface area contributed by atoms with E-state index in [9.17, 15) is 5.26 Å². The first-order valence-electron chi connectivity index (χ1n) is 8.98. The fraction of sp³-hybridized carbons (Fsp3) is 0.350. The van der Waals surface area contributed by atoms with Gasteiger partial charge in [0.05, 0.1) is 22.3 Å². The molecule has 26 heavy (non-hydrogen) atoms. The lowest BCUT2D eigenvalue weighted by Gasteiger charge is -2.35. The van der Waals surface area contributed by atoms with Crippen molar-refractivity contribution >= 4 is 27.4 Å². The van der Waals surface area contributed by atoms with Gasteiger partial charge < -0.3 is 4.90 Å². The Kier molecular flexibility index (Phi) is 4.83. The normalized spacial score (nSPS) is 15.3. The van der Waals surface area contributed by atoms with Gasteiger partial charge in [-0.2, -0.15) is 5.26 Å². The Morgan fingerprint density at radius 2 is 1.88 bits per heavy atom. The molecule has 6 heteroatoms. The smallest absolute Gasteiger partial charge is 0.146 e. The van der Waals surface area contributed by atoms with Crippen LogP contribution in [0.15, 0.2) is 36.4 Å². The molecule has 3 aromatic rings. The summed E-state index contributed by atoms with van der Waals surface area (Å²) in [6.45, 7) is 6.67. The number of aromatic nitrogens is 2. The van der Waals surface area contributed by atoms with Crippen molar-refractivity contribution in [2.75, 3.05) is 31.1 Å². The lowest BCUT2D eigenvalue weighted by Crippen LogP contribution is -2.46. The second-order valence-corrected chi connectivity index (χ2v) is 7.59. The summed E-state index contributed by atoms with van der Waals surface area (Å²) in [4.78, 5) is 14.1. The Balaban J connectivity index is 1.43. The van der Waals surface area contributed by atoms with Gasteiger partial charge in [-0.1, -0.05) is 19.1 Å². The van der Waals surface area contributed by atoms with Crippen molar-refractivity contribution in [2.24, 2.45) is 0 Å². The Hall–Kier alpha value is -2.49. The van der Waals surface area contributed by atoms with Crippen molar-refractivity contribution in [1.29, 1.82) is 5.26 Å². The molecule has 3 heterocycles. The molecule has 1 fully saturated rings. The van der Waals surface area contributed by atoms with Crippen LogP contribution in [0.25, 0.3) is 10.2 Å². The predicted octanol–water partition coefficient (Wildman–Crippen LogP) is 3.45. The largest absolute Gasteiger partial charge is 0.353 e. The van der Waals surface area contributed by atoms with E-state index in [4.69, 9.17) is 9.97 Å². The molecule has 132 valence electrons. The van der Waals surface area contributed by atoms with E-state index in [0.29, 0.717) is 5.56 Å². The summed E-state index contributed by atoms with van der Waals surface area (Å²) in [6, 6.07) is 14.4. The van der Waals surface area contributed by atoms with Gasteiger partial charge in [0.2, 0.25) is 0 Å². The number of fused-ring (bicyclic) bond motifs is 1. The second-order valence-electron chi connectivity index (χ2n) is 6.48. The summed E-state index contributed by atoms with van der Waals surface area (Å²) < 4.78 is 1.25. The van der Waals surface area contributed by atoms with Crippen LogP contribution in [-0.2, 0) is 13.0 Å². The molecule has 0 aliphatic carbocycles. The number of benzene rings is 1. The maximum Gasteiger partial charge on any atom is 0.146 e. The van der Waals surface area contributed by atoms with Gasteiger partial charge >= 0.3 is 0 Å². The van der Waals surface area contributed by atoms with Gasteiger partial charge in [-0.25, -0.2) is 9.97 Å². The third-order valence-electron chi connectivity index (χ3n) is 4.78. The molecular formula is C20H21N5S. The van der Waals surface area contributed by atoms with Crippen molar-refractivity contribution in [3.63, 3.8) is 0 Å². The fourth-order valence-electron chi connectivity index (χ4n) is 3.31. The van der Waals surface area contributed by atoms with Gasteiger partial charge in [0.1, 0.15) is 16.9 Å². The average Bonchev–Trinajstić information content (AvgIpc) is 3.10. The quantitative estimate of drug-likeness (QED) is 0.711. The minimum atomic E-state index is 0.668. The number of nitriles is 1. The molecule has 0 spiro atoms. The first kappa shape index (κ1) is 17.0. The molecule has 1 saturated heterocycles. The van der Waals surface area contributed by atoms with E-state index in [1.165, 1.54) is 9.71 Å². The SMILES string of the molecule is CCc1ccc(C#N)c(N2CCN(Cc3nc4ccccc4s3)CC2)n1.